The van der Waals surface area contributed by atoms with Crippen LogP contribution >= 0.6 is 0 Å². The third-order valence-electron chi connectivity index (χ3n) is 4.25. The van der Waals surface area contributed by atoms with E-state index < -0.39 is 5.97 Å². The summed E-state index contributed by atoms with van der Waals surface area (Å²) in [7, 11) is 0. The van der Waals surface area contributed by atoms with Crippen molar-refractivity contribution < 1.29 is 9.90 Å². The molecule has 3 nitrogen and oxygen atoms in total. The fourth-order valence-electron chi connectivity index (χ4n) is 3.04. The van der Waals surface area contributed by atoms with Crippen molar-refractivity contribution in [3.63, 3.8) is 0 Å². The van der Waals surface area contributed by atoms with Gasteiger partial charge in [-0.25, -0.2) is 4.79 Å². The monoisotopic (exact) mass is 325 g/mol. The SMILES string of the molecule is O=C(O)c1cccc(C#Cc2ccc3c(c2)C=CC3)c1-n1cccc1. The van der Waals surface area contributed by atoms with Gasteiger partial charge in [-0.1, -0.05) is 36.1 Å². The molecular formula is C22H15NO2. The summed E-state index contributed by atoms with van der Waals surface area (Å²) in [5.41, 5.74) is 4.95. The molecule has 3 heteroatoms. The van der Waals surface area contributed by atoms with E-state index in [4.69, 9.17) is 0 Å². The molecule has 0 saturated carbocycles. The lowest BCUT2D eigenvalue weighted by Gasteiger charge is -2.10. The van der Waals surface area contributed by atoms with Gasteiger partial charge in [0.2, 0.25) is 0 Å². The quantitative estimate of drug-likeness (QED) is 0.719. The fraction of sp³-hybridized carbons (Fsp3) is 0.0455. The molecule has 0 saturated heterocycles. The Morgan fingerprint density at radius 1 is 1.04 bits per heavy atom. The highest BCUT2D eigenvalue weighted by Gasteiger charge is 2.14. The zero-order chi connectivity index (χ0) is 17.2. The first-order valence-electron chi connectivity index (χ1n) is 8.03. The molecule has 0 bridgehead atoms. The molecule has 0 unspecified atom stereocenters. The third-order valence-corrected chi connectivity index (χ3v) is 4.25. The van der Waals surface area contributed by atoms with E-state index >= 15 is 0 Å². The van der Waals surface area contributed by atoms with Crippen molar-refractivity contribution in [1.29, 1.82) is 0 Å². The van der Waals surface area contributed by atoms with Crippen LogP contribution in [0.4, 0.5) is 0 Å². The topological polar surface area (TPSA) is 42.2 Å². The summed E-state index contributed by atoms with van der Waals surface area (Å²) < 4.78 is 1.79. The number of fused-ring (bicyclic) bond motifs is 1. The predicted molar refractivity (Wildman–Crippen MR) is 97.9 cm³/mol. The summed E-state index contributed by atoms with van der Waals surface area (Å²) in [6.07, 6.45) is 8.88. The van der Waals surface area contributed by atoms with Gasteiger partial charge < -0.3 is 9.67 Å². The highest BCUT2D eigenvalue weighted by molar-refractivity contribution is 5.93. The first-order chi connectivity index (χ1) is 12.2. The average Bonchev–Trinajstić information content (AvgIpc) is 3.30. The maximum atomic E-state index is 11.6. The van der Waals surface area contributed by atoms with Gasteiger partial charge in [-0.15, -0.1) is 0 Å². The molecular weight excluding hydrogens is 310 g/mol. The minimum atomic E-state index is -0.963. The summed E-state index contributed by atoms with van der Waals surface area (Å²) in [6.45, 7) is 0. The Kier molecular flexibility index (Phi) is 3.72. The summed E-state index contributed by atoms with van der Waals surface area (Å²) in [4.78, 5) is 11.6. The Morgan fingerprint density at radius 3 is 2.68 bits per heavy atom. The number of nitrogens with zero attached hydrogens (tertiary/aromatic N) is 1. The molecule has 1 N–H and O–H groups in total. The van der Waals surface area contributed by atoms with Gasteiger partial charge in [0.25, 0.3) is 0 Å². The molecule has 3 aromatic rings. The van der Waals surface area contributed by atoms with E-state index in [-0.39, 0.29) is 5.56 Å². The molecule has 1 aromatic heterocycles. The number of allylic oxidation sites excluding steroid dienone is 1. The molecule has 0 amide bonds. The van der Waals surface area contributed by atoms with Crippen LogP contribution in [-0.2, 0) is 6.42 Å². The van der Waals surface area contributed by atoms with Crippen molar-refractivity contribution in [3.05, 3.63) is 94.8 Å². The number of benzene rings is 2. The first kappa shape index (κ1) is 15.0. The number of hydrogen-bond acceptors (Lipinski definition) is 1. The van der Waals surface area contributed by atoms with Crippen LogP contribution < -0.4 is 0 Å². The fourth-order valence-corrected chi connectivity index (χ4v) is 3.04. The van der Waals surface area contributed by atoms with E-state index in [0.717, 1.165) is 12.0 Å². The van der Waals surface area contributed by atoms with Gasteiger partial charge in [-0.3, -0.25) is 0 Å². The maximum Gasteiger partial charge on any atom is 0.337 e. The van der Waals surface area contributed by atoms with E-state index in [1.807, 2.05) is 36.7 Å². The van der Waals surface area contributed by atoms with Crippen LogP contribution in [0, 0.1) is 11.8 Å². The van der Waals surface area contributed by atoms with Crippen LogP contribution in [0.2, 0.25) is 0 Å². The number of aromatic carboxylic acids is 1. The van der Waals surface area contributed by atoms with Gasteiger partial charge in [0, 0.05) is 23.5 Å². The van der Waals surface area contributed by atoms with Crippen LogP contribution in [0.1, 0.15) is 32.6 Å². The largest absolute Gasteiger partial charge is 0.478 e. The molecule has 0 atom stereocenters. The summed E-state index contributed by atoms with van der Waals surface area (Å²) in [6, 6.07) is 15.1. The Morgan fingerprint density at radius 2 is 1.88 bits per heavy atom. The number of aromatic nitrogens is 1. The highest BCUT2D eigenvalue weighted by Crippen LogP contribution is 2.22. The van der Waals surface area contributed by atoms with Gasteiger partial charge in [0.15, 0.2) is 0 Å². The molecule has 1 aliphatic carbocycles. The second-order valence-electron chi connectivity index (χ2n) is 5.87. The van der Waals surface area contributed by atoms with Crippen molar-refractivity contribution in [1.82, 2.24) is 4.57 Å². The molecule has 2 aromatic carbocycles. The molecule has 120 valence electrons. The zero-order valence-electron chi connectivity index (χ0n) is 13.4. The zero-order valence-corrected chi connectivity index (χ0v) is 13.4. The Labute approximate surface area is 145 Å². The molecule has 0 radical (unpaired) electrons. The lowest BCUT2D eigenvalue weighted by molar-refractivity contribution is 0.0697. The van der Waals surface area contributed by atoms with E-state index in [0.29, 0.717) is 11.3 Å². The van der Waals surface area contributed by atoms with Crippen LogP contribution in [-0.4, -0.2) is 15.6 Å². The standard InChI is InChI=1S/C22H15NO2/c24-22(25)20-8-4-6-18(21(20)23-13-1-2-14-23)12-10-16-9-11-17-5-3-7-19(17)15-16/h1-4,6-9,11,13-15H,5H2,(H,24,25). The number of carboxylic acids is 1. The minimum Gasteiger partial charge on any atom is -0.478 e. The molecule has 0 fully saturated rings. The average molecular weight is 325 g/mol. The molecule has 1 aliphatic rings. The van der Waals surface area contributed by atoms with Crippen LogP contribution in [0.25, 0.3) is 11.8 Å². The molecule has 0 spiro atoms. The predicted octanol–water partition coefficient (Wildman–Crippen LogP) is 4.14. The molecule has 1 heterocycles. The first-order valence-corrected chi connectivity index (χ1v) is 8.03. The third kappa shape index (κ3) is 2.86. The van der Waals surface area contributed by atoms with E-state index in [2.05, 4.69) is 36.1 Å². The van der Waals surface area contributed by atoms with Gasteiger partial charge in [-0.2, -0.15) is 0 Å². The summed E-state index contributed by atoms with van der Waals surface area (Å²) in [5, 5.41) is 9.51. The summed E-state index contributed by atoms with van der Waals surface area (Å²) >= 11 is 0. The Bertz CT molecular complexity index is 1050. The molecule has 4 rings (SSSR count). The van der Waals surface area contributed by atoms with Crippen LogP contribution in [0.3, 0.4) is 0 Å². The van der Waals surface area contributed by atoms with Crippen molar-refractivity contribution in [2.24, 2.45) is 0 Å². The number of rotatable bonds is 2. The van der Waals surface area contributed by atoms with Crippen LogP contribution in [0.15, 0.2) is 67.0 Å². The number of carboxylic acid groups (broad SMARTS) is 1. The van der Waals surface area contributed by atoms with Gasteiger partial charge in [-0.05, 0) is 53.9 Å². The van der Waals surface area contributed by atoms with Crippen LogP contribution in [0.5, 0.6) is 0 Å². The smallest absolute Gasteiger partial charge is 0.337 e. The Hall–Kier alpha value is -3.51. The number of hydrogen-bond donors (Lipinski definition) is 1. The Balaban J connectivity index is 1.81. The van der Waals surface area contributed by atoms with E-state index in [1.165, 1.54) is 11.1 Å². The maximum absolute atomic E-state index is 11.6. The van der Waals surface area contributed by atoms with Crippen molar-refractivity contribution in [2.75, 3.05) is 0 Å². The summed E-state index contributed by atoms with van der Waals surface area (Å²) in [5.74, 6) is 5.35. The lowest BCUT2D eigenvalue weighted by atomic mass is 10.0. The molecule has 0 aliphatic heterocycles. The second-order valence-corrected chi connectivity index (χ2v) is 5.87. The van der Waals surface area contributed by atoms with Crippen molar-refractivity contribution in [2.45, 2.75) is 6.42 Å². The van der Waals surface area contributed by atoms with Gasteiger partial charge in [0.1, 0.15) is 0 Å². The number of para-hydroxylation sites is 1. The van der Waals surface area contributed by atoms with Gasteiger partial charge in [0.05, 0.1) is 11.3 Å². The van der Waals surface area contributed by atoms with E-state index in [1.54, 1.807) is 16.7 Å². The normalized spacial score (nSPS) is 11.7. The van der Waals surface area contributed by atoms with Crippen molar-refractivity contribution >= 4 is 12.0 Å². The van der Waals surface area contributed by atoms with Crippen molar-refractivity contribution in [3.8, 4) is 17.5 Å². The number of carbonyl (C=O) groups is 1. The highest BCUT2D eigenvalue weighted by atomic mass is 16.4. The minimum absolute atomic E-state index is 0.236. The van der Waals surface area contributed by atoms with E-state index in [9.17, 15) is 9.90 Å². The lowest BCUT2D eigenvalue weighted by Crippen LogP contribution is -2.06. The molecule has 25 heavy (non-hydrogen) atoms. The van der Waals surface area contributed by atoms with Gasteiger partial charge >= 0.3 is 5.97 Å². The second kappa shape index (κ2) is 6.18.